The number of aromatic nitrogens is 1. The van der Waals surface area contributed by atoms with Gasteiger partial charge in [0.25, 0.3) is 0 Å². The molecule has 1 fully saturated rings. The summed E-state index contributed by atoms with van der Waals surface area (Å²) < 4.78 is 1.05. The van der Waals surface area contributed by atoms with Crippen molar-refractivity contribution in [3.8, 4) is 0 Å². The van der Waals surface area contributed by atoms with Crippen LogP contribution in [0.2, 0.25) is 0 Å². The summed E-state index contributed by atoms with van der Waals surface area (Å²) in [5.41, 5.74) is 9.23. The third-order valence-electron chi connectivity index (χ3n) is 4.36. The maximum absolute atomic E-state index is 6.12. The van der Waals surface area contributed by atoms with Gasteiger partial charge in [0.05, 0.1) is 23.1 Å². The molecule has 1 aromatic heterocycles. The highest BCUT2D eigenvalue weighted by molar-refractivity contribution is 9.10. The fourth-order valence-electron chi connectivity index (χ4n) is 3.08. The third kappa shape index (κ3) is 2.62. The van der Waals surface area contributed by atoms with Crippen LogP contribution in [0.15, 0.2) is 28.9 Å². The van der Waals surface area contributed by atoms with Crippen LogP contribution in [0.3, 0.4) is 0 Å². The molecule has 0 saturated heterocycles. The lowest BCUT2D eigenvalue weighted by atomic mass is 9.89. The smallest absolute Gasteiger partial charge is 0.0743 e. The lowest BCUT2D eigenvalue weighted by molar-refractivity contribution is 0.362. The van der Waals surface area contributed by atoms with E-state index in [2.05, 4.69) is 39.2 Å². The second-order valence-corrected chi connectivity index (χ2v) is 7.04. The van der Waals surface area contributed by atoms with E-state index in [0.717, 1.165) is 33.3 Å². The Morgan fingerprint density at radius 3 is 2.85 bits per heavy atom. The number of halogens is 1. The predicted molar refractivity (Wildman–Crippen MR) is 88.9 cm³/mol. The summed E-state index contributed by atoms with van der Waals surface area (Å²) in [7, 11) is 0. The number of nitrogen functional groups attached to an aromatic ring is 1. The molecule has 0 spiro atoms. The van der Waals surface area contributed by atoms with Crippen molar-refractivity contribution in [3.63, 3.8) is 0 Å². The Labute approximate surface area is 128 Å². The Balaban J connectivity index is 1.93. The molecule has 4 heteroatoms. The van der Waals surface area contributed by atoms with Crippen LogP contribution in [0.1, 0.15) is 32.6 Å². The van der Waals surface area contributed by atoms with Crippen LogP contribution in [0.25, 0.3) is 10.9 Å². The zero-order valence-corrected chi connectivity index (χ0v) is 13.3. The molecular formula is C16H20BrN3. The van der Waals surface area contributed by atoms with Crippen molar-refractivity contribution in [1.82, 2.24) is 4.98 Å². The van der Waals surface area contributed by atoms with E-state index >= 15 is 0 Å². The molecule has 0 bridgehead atoms. The molecule has 0 amide bonds. The molecule has 1 aliphatic rings. The summed E-state index contributed by atoms with van der Waals surface area (Å²) in [5, 5.41) is 4.66. The van der Waals surface area contributed by atoms with Crippen molar-refractivity contribution < 1.29 is 0 Å². The van der Waals surface area contributed by atoms with Gasteiger partial charge in [-0.25, -0.2) is 0 Å². The minimum absolute atomic E-state index is 0.397. The number of hydrogen-bond acceptors (Lipinski definition) is 3. The van der Waals surface area contributed by atoms with Crippen LogP contribution in [-0.4, -0.2) is 11.5 Å². The molecule has 20 heavy (non-hydrogen) atoms. The highest BCUT2D eigenvalue weighted by Crippen LogP contribution is 2.38. The van der Waals surface area contributed by atoms with Crippen molar-refractivity contribution in [2.45, 2.75) is 32.6 Å². The van der Waals surface area contributed by atoms with Crippen molar-refractivity contribution >= 4 is 38.2 Å². The van der Waals surface area contributed by atoms with Crippen molar-refractivity contribution in [3.05, 3.63) is 28.9 Å². The van der Waals surface area contributed by atoms with Gasteiger partial charge in [-0.1, -0.05) is 35.7 Å². The van der Waals surface area contributed by atoms with E-state index in [1.54, 1.807) is 6.20 Å². The van der Waals surface area contributed by atoms with Crippen LogP contribution in [-0.2, 0) is 0 Å². The first kappa shape index (κ1) is 13.7. The van der Waals surface area contributed by atoms with Crippen LogP contribution >= 0.6 is 15.9 Å². The van der Waals surface area contributed by atoms with E-state index in [4.69, 9.17) is 5.73 Å². The number of nitrogens with two attached hydrogens (primary N) is 1. The van der Waals surface area contributed by atoms with Gasteiger partial charge < -0.3 is 11.1 Å². The van der Waals surface area contributed by atoms with Crippen molar-refractivity contribution in [2.75, 3.05) is 17.6 Å². The number of nitrogens with one attached hydrogen (secondary N) is 1. The molecule has 1 aromatic carbocycles. The number of rotatable bonds is 3. The average Bonchev–Trinajstić information content (AvgIpc) is 2.85. The minimum Gasteiger partial charge on any atom is -0.396 e. The Morgan fingerprint density at radius 1 is 1.35 bits per heavy atom. The SMILES string of the molecule is CC1(CNc2c(N)cnc3ccc(Br)cc23)CCCC1. The second kappa shape index (κ2) is 5.24. The molecule has 3 rings (SSSR count). The molecule has 106 valence electrons. The monoisotopic (exact) mass is 333 g/mol. The molecule has 0 aliphatic heterocycles. The second-order valence-electron chi connectivity index (χ2n) is 6.12. The Kier molecular flexibility index (Phi) is 3.59. The Morgan fingerprint density at radius 2 is 2.10 bits per heavy atom. The number of anilines is 2. The molecule has 0 unspecified atom stereocenters. The van der Waals surface area contributed by atoms with Gasteiger partial charge in [-0.15, -0.1) is 0 Å². The van der Waals surface area contributed by atoms with Gasteiger partial charge in [0.1, 0.15) is 0 Å². The topological polar surface area (TPSA) is 50.9 Å². The summed E-state index contributed by atoms with van der Waals surface area (Å²) >= 11 is 3.52. The standard InChI is InChI=1S/C16H20BrN3/c1-16(6-2-3-7-16)10-20-15-12-8-11(17)4-5-14(12)19-9-13(15)18/h4-5,8-9H,2-3,6-7,10,18H2,1H3,(H,19,20). The summed E-state index contributed by atoms with van der Waals surface area (Å²) in [6, 6.07) is 6.10. The molecule has 0 atom stereocenters. The van der Waals surface area contributed by atoms with Crippen LogP contribution in [0.4, 0.5) is 11.4 Å². The summed E-state index contributed by atoms with van der Waals surface area (Å²) in [5.74, 6) is 0. The first-order chi connectivity index (χ1) is 9.57. The predicted octanol–water partition coefficient (Wildman–Crippen LogP) is 4.57. The molecular weight excluding hydrogens is 314 g/mol. The molecule has 3 nitrogen and oxygen atoms in total. The number of pyridine rings is 1. The maximum atomic E-state index is 6.12. The lowest BCUT2D eigenvalue weighted by Gasteiger charge is -2.25. The Hall–Kier alpha value is -1.29. The van der Waals surface area contributed by atoms with E-state index in [9.17, 15) is 0 Å². The van der Waals surface area contributed by atoms with E-state index < -0.39 is 0 Å². The van der Waals surface area contributed by atoms with Gasteiger partial charge in [-0.2, -0.15) is 0 Å². The van der Waals surface area contributed by atoms with Gasteiger partial charge in [-0.05, 0) is 36.5 Å². The summed E-state index contributed by atoms with van der Waals surface area (Å²) in [6.45, 7) is 3.34. The average molecular weight is 334 g/mol. The normalized spacial score (nSPS) is 17.5. The van der Waals surface area contributed by atoms with E-state index in [1.165, 1.54) is 25.7 Å². The van der Waals surface area contributed by atoms with Crippen molar-refractivity contribution in [1.29, 1.82) is 0 Å². The third-order valence-corrected chi connectivity index (χ3v) is 4.86. The van der Waals surface area contributed by atoms with Crippen LogP contribution < -0.4 is 11.1 Å². The minimum atomic E-state index is 0.397. The molecule has 2 aromatic rings. The lowest BCUT2D eigenvalue weighted by Crippen LogP contribution is -2.23. The molecule has 1 aliphatic carbocycles. The molecule has 0 radical (unpaired) electrons. The van der Waals surface area contributed by atoms with E-state index in [1.807, 2.05) is 12.1 Å². The fraction of sp³-hybridized carbons (Fsp3) is 0.438. The number of benzene rings is 1. The molecule has 1 heterocycles. The quantitative estimate of drug-likeness (QED) is 0.864. The number of hydrogen-bond donors (Lipinski definition) is 2. The van der Waals surface area contributed by atoms with E-state index in [0.29, 0.717) is 5.41 Å². The zero-order valence-electron chi connectivity index (χ0n) is 11.7. The Bertz CT molecular complexity index is 628. The van der Waals surface area contributed by atoms with Gasteiger partial charge in [0.15, 0.2) is 0 Å². The van der Waals surface area contributed by atoms with Crippen LogP contribution in [0, 0.1) is 5.41 Å². The van der Waals surface area contributed by atoms with Gasteiger partial charge >= 0.3 is 0 Å². The van der Waals surface area contributed by atoms with E-state index in [-0.39, 0.29) is 0 Å². The fourth-order valence-corrected chi connectivity index (χ4v) is 3.45. The molecule has 3 N–H and O–H groups in total. The maximum Gasteiger partial charge on any atom is 0.0743 e. The van der Waals surface area contributed by atoms with Gasteiger partial charge in [-0.3, -0.25) is 4.98 Å². The summed E-state index contributed by atoms with van der Waals surface area (Å²) in [6.07, 6.45) is 7.03. The summed E-state index contributed by atoms with van der Waals surface area (Å²) in [4.78, 5) is 4.39. The van der Waals surface area contributed by atoms with Gasteiger partial charge in [0.2, 0.25) is 0 Å². The first-order valence-corrected chi connectivity index (χ1v) is 7.94. The first-order valence-electron chi connectivity index (χ1n) is 7.15. The van der Waals surface area contributed by atoms with Crippen LogP contribution in [0.5, 0.6) is 0 Å². The largest absolute Gasteiger partial charge is 0.396 e. The highest BCUT2D eigenvalue weighted by Gasteiger charge is 2.28. The van der Waals surface area contributed by atoms with Gasteiger partial charge in [0, 0.05) is 16.4 Å². The van der Waals surface area contributed by atoms with Crippen molar-refractivity contribution in [2.24, 2.45) is 5.41 Å². The number of fused-ring (bicyclic) bond motifs is 1. The number of nitrogens with zero attached hydrogens (tertiary/aromatic N) is 1. The zero-order chi connectivity index (χ0) is 14.2. The molecule has 1 saturated carbocycles. The highest BCUT2D eigenvalue weighted by atomic mass is 79.9.